The Morgan fingerprint density at radius 3 is 1.88 bits per heavy atom. The molecular formula is C27H27N5O. The predicted octanol–water partition coefficient (Wildman–Crippen LogP) is 6.15. The molecule has 1 heterocycles. The van der Waals surface area contributed by atoms with Gasteiger partial charge < -0.3 is 16.0 Å². The molecule has 166 valence electrons. The predicted molar refractivity (Wildman–Crippen MR) is 134 cm³/mol. The summed E-state index contributed by atoms with van der Waals surface area (Å²) >= 11 is 0. The topological polar surface area (TPSA) is 78.9 Å². The summed E-state index contributed by atoms with van der Waals surface area (Å²) in [6, 6.07) is 27.6. The minimum Gasteiger partial charge on any atom is -0.340 e. The summed E-state index contributed by atoms with van der Waals surface area (Å²) in [6.45, 7) is 3.92. The molecule has 0 radical (unpaired) electrons. The number of hydrogen-bond donors (Lipinski definition) is 3. The van der Waals surface area contributed by atoms with E-state index in [2.05, 4.69) is 45.0 Å². The molecule has 0 spiro atoms. The molecule has 33 heavy (non-hydrogen) atoms. The number of nitrogens with zero attached hydrogens (tertiary/aromatic N) is 2. The number of carbonyl (C=O) groups excluding carboxylic acids is 1. The van der Waals surface area contributed by atoms with Gasteiger partial charge in [0.2, 0.25) is 5.91 Å². The first-order valence-electron chi connectivity index (χ1n) is 10.9. The van der Waals surface area contributed by atoms with E-state index in [0.717, 1.165) is 34.9 Å². The Hall–Kier alpha value is -4.19. The van der Waals surface area contributed by atoms with Gasteiger partial charge in [0.1, 0.15) is 17.5 Å². The Morgan fingerprint density at radius 2 is 1.27 bits per heavy atom. The highest BCUT2D eigenvalue weighted by molar-refractivity contribution is 5.91. The third-order valence-electron chi connectivity index (χ3n) is 5.09. The van der Waals surface area contributed by atoms with Crippen LogP contribution in [0, 0.1) is 13.8 Å². The number of hydrogen-bond acceptors (Lipinski definition) is 5. The van der Waals surface area contributed by atoms with Crippen molar-refractivity contribution in [3.8, 4) is 0 Å². The van der Waals surface area contributed by atoms with Gasteiger partial charge in [-0.3, -0.25) is 4.79 Å². The van der Waals surface area contributed by atoms with Crippen LogP contribution in [0.2, 0.25) is 0 Å². The van der Waals surface area contributed by atoms with Crippen LogP contribution in [0.4, 0.5) is 28.7 Å². The van der Waals surface area contributed by atoms with E-state index in [1.165, 1.54) is 5.56 Å². The van der Waals surface area contributed by atoms with E-state index < -0.39 is 0 Å². The van der Waals surface area contributed by atoms with E-state index in [0.29, 0.717) is 18.1 Å². The first kappa shape index (κ1) is 22.0. The zero-order valence-electron chi connectivity index (χ0n) is 18.8. The number of anilines is 5. The number of rotatable bonds is 8. The van der Waals surface area contributed by atoms with E-state index in [-0.39, 0.29) is 5.91 Å². The van der Waals surface area contributed by atoms with E-state index in [4.69, 9.17) is 0 Å². The van der Waals surface area contributed by atoms with E-state index in [9.17, 15) is 4.79 Å². The standard InChI is InChI=1S/C27H27N5O/c1-19-8-11-22(12-9-19)30-25-18-26(29-20(2)28-25)31-23-13-15-24(16-14-23)32-27(33)17-10-21-6-4-3-5-7-21/h3-9,11-16,18H,10,17H2,1-2H3,(H,32,33)(H2,28,29,30,31). The highest BCUT2D eigenvalue weighted by atomic mass is 16.1. The first-order valence-corrected chi connectivity index (χ1v) is 10.9. The number of nitrogens with one attached hydrogen (secondary N) is 3. The summed E-state index contributed by atoms with van der Waals surface area (Å²) in [5.74, 6) is 2.07. The van der Waals surface area contributed by atoms with Gasteiger partial charge in [0.05, 0.1) is 0 Å². The van der Waals surface area contributed by atoms with Crippen molar-refractivity contribution in [2.75, 3.05) is 16.0 Å². The van der Waals surface area contributed by atoms with Gasteiger partial charge in [0.25, 0.3) is 0 Å². The van der Waals surface area contributed by atoms with E-state index in [1.54, 1.807) is 0 Å². The van der Waals surface area contributed by atoms with Crippen molar-refractivity contribution in [3.05, 3.63) is 102 Å². The van der Waals surface area contributed by atoms with Crippen molar-refractivity contribution < 1.29 is 4.79 Å². The molecule has 1 aromatic heterocycles. The summed E-state index contributed by atoms with van der Waals surface area (Å²) in [5.41, 5.74) is 4.97. The molecule has 0 fully saturated rings. The summed E-state index contributed by atoms with van der Waals surface area (Å²) < 4.78 is 0. The molecule has 4 aromatic rings. The maximum absolute atomic E-state index is 12.3. The van der Waals surface area contributed by atoms with Gasteiger partial charge in [0, 0.05) is 29.5 Å². The Kier molecular flexibility index (Phi) is 6.95. The Balaban J connectivity index is 1.35. The molecule has 0 aliphatic rings. The van der Waals surface area contributed by atoms with Gasteiger partial charge in [0.15, 0.2) is 0 Å². The minimum absolute atomic E-state index is 0.00203. The molecule has 0 atom stereocenters. The first-order chi connectivity index (χ1) is 16.0. The maximum atomic E-state index is 12.3. The average Bonchev–Trinajstić information content (AvgIpc) is 2.81. The van der Waals surface area contributed by atoms with Crippen molar-refractivity contribution >= 4 is 34.6 Å². The molecular weight excluding hydrogens is 410 g/mol. The van der Waals surface area contributed by atoms with Crippen LogP contribution in [-0.2, 0) is 11.2 Å². The quantitative estimate of drug-likeness (QED) is 0.308. The lowest BCUT2D eigenvalue weighted by molar-refractivity contribution is -0.116. The Labute approximate surface area is 194 Å². The van der Waals surface area contributed by atoms with Crippen LogP contribution in [0.15, 0.2) is 84.9 Å². The second-order valence-corrected chi connectivity index (χ2v) is 7.91. The number of carbonyl (C=O) groups is 1. The van der Waals surface area contributed by atoms with Crippen LogP contribution in [0.5, 0.6) is 0 Å². The highest BCUT2D eigenvalue weighted by Crippen LogP contribution is 2.22. The number of amides is 1. The van der Waals surface area contributed by atoms with Gasteiger partial charge in [-0.05, 0) is 62.2 Å². The molecule has 3 N–H and O–H groups in total. The summed E-state index contributed by atoms with van der Waals surface area (Å²) in [4.78, 5) is 21.2. The number of benzene rings is 3. The zero-order valence-corrected chi connectivity index (χ0v) is 18.8. The van der Waals surface area contributed by atoms with Gasteiger partial charge >= 0.3 is 0 Å². The fourth-order valence-corrected chi connectivity index (χ4v) is 3.39. The zero-order chi connectivity index (χ0) is 23.0. The highest BCUT2D eigenvalue weighted by Gasteiger charge is 2.06. The monoisotopic (exact) mass is 437 g/mol. The van der Waals surface area contributed by atoms with Crippen LogP contribution in [-0.4, -0.2) is 15.9 Å². The fourth-order valence-electron chi connectivity index (χ4n) is 3.39. The van der Waals surface area contributed by atoms with Crippen molar-refractivity contribution in [3.63, 3.8) is 0 Å². The summed E-state index contributed by atoms with van der Waals surface area (Å²) in [5, 5.41) is 9.57. The smallest absolute Gasteiger partial charge is 0.224 e. The Morgan fingerprint density at radius 1 is 0.727 bits per heavy atom. The average molecular weight is 438 g/mol. The van der Waals surface area contributed by atoms with Crippen LogP contribution in [0.1, 0.15) is 23.4 Å². The van der Waals surface area contributed by atoms with Crippen molar-refractivity contribution in [1.29, 1.82) is 0 Å². The fraction of sp³-hybridized carbons (Fsp3) is 0.148. The van der Waals surface area contributed by atoms with Gasteiger partial charge in [-0.15, -0.1) is 0 Å². The van der Waals surface area contributed by atoms with Crippen LogP contribution < -0.4 is 16.0 Å². The van der Waals surface area contributed by atoms with Crippen LogP contribution in [0.3, 0.4) is 0 Å². The van der Waals surface area contributed by atoms with Crippen molar-refractivity contribution in [2.24, 2.45) is 0 Å². The van der Waals surface area contributed by atoms with Crippen LogP contribution >= 0.6 is 0 Å². The molecule has 3 aromatic carbocycles. The molecule has 0 saturated heterocycles. The number of aromatic nitrogens is 2. The van der Waals surface area contributed by atoms with Crippen molar-refractivity contribution in [1.82, 2.24) is 9.97 Å². The lowest BCUT2D eigenvalue weighted by Crippen LogP contribution is -2.12. The van der Waals surface area contributed by atoms with Crippen LogP contribution in [0.25, 0.3) is 0 Å². The third-order valence-corrected chi connectivity index (χ3v) is 5.09. The summed E-state index contributed by atoms with van der Waals surface area (Å²) in [7, 11) is 0. The van der Waals surface area contributed by atoms with E-state index in [1.807, 2.05) is 79.7 Å². The second-order valence-electron chi connectivity index (χ2n) is 7.91. The lowest BCUT2D eigenvalue weighted by Gasteiger charge is -2.11. The van der Waals surface area contributed by atoms with E-state index >= 15 is 0 Å². The maximum Gasteiger partial charge on any atom is 0.224 e. The molecule has 4 rings (SSSR count). The molecule has 0 aliphatic heterocycles. The molecule has 1 amide bonds. The van der Waals surface area contributed by atoms with Crippen molar-refractivity contribution in [2.45, 2.75) is 26.7 Å². The molecule has 0 aliphatic carbocycles. The van der Waals surface area contributed by atoms with Gasteiger partial charge in [-0.25, -0.2) is 9.97 Å². The number of aryl methyl sites for hydroxylation is 3. The second kappa shape index (κ2) is 10.4. The van der Waals surface area contributed by atoms with Gasteiger partial charge in [-0.1, -0.05) is 48.0 Å². The third kappa shape index (κ3) is 6.64. The molecule has 0 bridgehead atoms. The normalized spacial score (nSPS) is 10.5. The Bertz CT molecular complexity index is 1210. The lowest BCUT2D eigenvalue weighted by atomic mass is 10.1. The summed E-state index contributed by atoms with van der Waals surface area (Å²) in [6.07, 6.45) is 1.17. The van der Waals surface area contributed by atoms with Gasteiger partial charge in [-0.2, -0.15) is 0 Å². The minimum atomic E-state index is -0.00203. The largest absolute Gasteiger partial charge is 0.340 e. The molecule has 0 saturated carbocycles. The SMILES string of the molecule is Cc1ccc(Nc2cc(Nc3ccc(NC(=O)CCc4ccccc4)cc3)nc(C)n2)cc1. The molecule has 6 heteroatoms. The molecule has 6 nitrogen and oxygen atoms in total. The molecule has 0 unspecified atom stereocenters.